The quantitative estimate of drug-likeness (QED) is 0.794. The monoisotopic (exact) mass is 380 g/mol. The molecular formula is C23H32N4O. The number of likely N-dealkylation sites (tertiary alicyclic amines) is 1. The first kappa shape index (κ1) is 20.3. The van der Waals surface area contributed by atoms with E-state index in [-0.39, 0.29) is 6.03 Å². The summed E-state index contributed by atoms with van der Waals surface area (Å²) in [5.74, 6) is 0. The molecule has 0 radical (unpaired) electrons. The van der Waals surface area contributed by atoms with Gasteiger partial charge < -0.3 is 15.1 Å². The Hall–Kier alpha value is -2.40. The lowest BCUT2D eigenvalue weighted by atomic mass is 9.97. The van der Waals surface area contributed by atoms with Crippen molar-refractivity contribution in [2.45, 2.75) is 51.2 Å². The van der Waals surface area contributed by atoms with Gasteiger partial charge in [0.1, 0.15) is 0 Å². The molecule has 1 fully saturated rings. The van der Waals surface area contributed by atoms with Gasteiger partial charge in [-0.2, -0.15) is 0 Å². The van der Waals surface area contributed by atoms with Gasteiger partial charge in [-0.25, -0.2) is 4.79 Å². The van der Waals surface area contributed by atoms with Crippen molar-refractivity contribution in [3.8, 4) is 0 Å². The van der Waals surface area contributed by atoms with Gasteiger partial charge in [-0.15, -0.1) is 0 Å². The van der Waals surface area contributed by atoms with E-state index in [4.69, 9.17) is 0 Å². The number of benzene rings is 1. The summed E-state index contributed by atoms with van der Waals surface area (Å²) in [7, 11) is 4.13. The molecule has 0 saturated carbocycles. The smallest absolute Gasteiger partial charge is 0.317 e. The summed E-state index contributed by atoms with van der Waals surface area (Å²) in [6, 6.07) is 14.9. The van der Waals surface area contributed by atoms with Gasteiger partial charge in [0.15, 0.2) is 0 Å². The second kappa shape index (κ2) is 10.2. The zero-order valence-electron chi connectivity index (χ0n) is 17.1. The molecular weight excluding hydrogens is 348 g/mol. The molecule has 1 N–H and O–H groups in total. The first-order valence-electron chi connectivity index (χ1n) is 10.3. The van der Waals surface area contributed by atoms with E-state index in [1.807, 2.05) is 23.2 Å². The Morgan fingerprint density at radius 1 is 1.14 bits per heavy atom. The lowest BCUT2D eigenvalue weighted by Gasteiger charge is -2.36. The Morgan fingerprint density at radius 3 is 2.64 bits per heavy atom. The summed E-state index contributed by atoms with van der Waals surface area (Å²) >= 11 is 0. The van der Waals surface area contributed by atoms with Crippen molar-refractivity contribution in [3.63, 3.8) is 0 Å². The number of rotatable bonds is 7. The Kier molecular flexibility index (Phi) is 7.43. The Bertz CT molecular complexity index is 730. The number of nitrogens with zero attached hydrogens (tertiary/aromatic N) is 3. The molecule has 1 aliphatic heterocycles. The zero-order chi connectivity index (χ0) is 19.8. The Balaban J connectivity index is 1.51. The highest BCUT2D eigenvalue weighted by molar-refractivity contribution is 5.74. The minimum absolute atomic E-state index is 0.0584. The fourth-order valence-electron chi connectivity index (χ4n) is 3.84. The van der Waals surface area contributed by atoms with Crippen LogP contribution >= 0.6 is 0 Å². The number of hydrogen-bond donors (Lipinski definition) is 1. The molecule has 1 unspecified atom stereocenters. The number of amides is 2. The topological polar surface area (TPSA) is 48.5 Å². The number of carbonyl (C=O) groups is 1. The van der Waals surface area contributed by atoms with Crippen LogP contribution in [0.15, 0.2) is 48.7 Å². The molecule has 3 rings (SSSR count). The number of piperidine rings is 1. The maximum absolute atomic E-state index is 12.8. The summed E-state index contributed by atoms with van der Waals surface area (Å²) in [6.45, 7) is 2.35. The first-order chi connectivity index (χ1) is 13.6. The minimum Gasteiger partial charge on any atom is -0.334 e. The van der Waals surface area contributed by atoms with E-state index >= 15 is 0 Å². The van der Waals surface area contributed by atoms with Gasteiger partial charge in [-0.3, -0.25) is 4.98 Å². The van der Waals surface area contributed by atoms with Crippen LogP contribution in [0.25, 0.3) is 0 Å². The van der Waals surface area contributed by atoms with Crippen molar-refractivity contribution in [3.05, 3.63) is 65.5 Å². The summed E-state index contributed by atoms with van der Waals surface area (Å²) in [5, 5.41) is 3.12. The van der Waals surface area contributed by atoms with Crippen LogP contribution in [0, 0.1) is 0 Å². The average Bonchev–Trinajstić information content (AvgIpc) is 2.72. The number of hydrogen-bond acceptors (Lipinski definition) is 3. The third kappa shape index (κ3) is 6.06. The van der Waals surface area contributed by atoms with E-state index in [1.54, 1.807) is 0 Å². The highest BCUT2D eigenvalue weighted by Crippen LogP contribution is 2.21. The second-order valence-electron chi connectivity index (χ2n) is 7.92. The van der Waals surface area contributed by atoms with E-state index in [9.17, 15) is 4.79 Å². The van der Waals surface area contributed by atoms with Gasteiger partial charge in [-0.1, -0.05) is 30.3 Å². The van der Waals surface area contributed by atoms with Crippen LogP contribution in [0.5, 0.6) is 0 Å². The molecule has 2 heterocycles. The molecule has 2 amide bonds. The molecule has 0 aliphatic carbocycles. The van der Waals surface area contributed by atoms with E-state index < -0.39 is 0 Å². The van der Waals surface area contributed by atoms with Crippen molar-refractivity contribution >= 4 is 6.03 Å². The molecule has 150 valence electrons. The number of pyridine rings is 1. The number of aryl methyl sites for hydroxylation is 1. The van der Waals surface area contributed by atoms with Gasteiger partial charge in [0.05, 0.1) is 0 Å². The van der Waals surface area contributed by atoms with E-state index in [2.05, 4.69) is 59.6 Å². The van der Waals surface area contributed by atoms with Gasteiger partial charge >= 0.3 is 6.03 Å². The lowest BCUT2D eigenvalue weighted by Crippen LogP contribution is -2.48. The fourth-order valence-corrected chi connectivity index (χ4v) is 3.84. The lowest BCUT2D eigenvalue weighted by molar-refractivity contribution is 0.146. The predicted molar refractivity (Wildman–Crippen MR) is 113 cm³/mol. The zero-order valence-corrected chi connectivity index (χ0v) is 17.1. The molecule has 5 nitrogen and oxygen atoms in total. The highest BCUT2D eigenvalue weighted by Gasteiger charge is 2.26. The summed E-state index contributed by atoms with van der Waals surface area (Å²) in [6.07, 6.45) is 7.10. The molecule has 28 heavy (non-hydrogen) atoms. The molecule has 1 atom stereocenters. The number of carbonyl (C=O) groups excluding carboxylic acids is 1. The van der Waals surface area contributed by atoms with Gasteiger partial charge in [0.2, 0.25) is 0 Å². The normalized spacial score (nSPS) is 17.0. The van der Waals surface area contributed by atoms with Crippen molar-refractivity contribution in [1.82, 2.24) is 20.1 Å². The average molecular weight is 381 g/mol. The van der Waals surface area contributed by atoms with Gasteiger partial charge in [-0.05, 0) is 69.5 Å². The van der Waals surface area contributed by atoms with E-state index in [0.717, 1.165) is 50.0 Å². The maximum Gasteiger partial charge on any atom is 0.317 e. The predicted octanol–water partition coefficient (Wildman–Crippen LogP) is 3.84. The largest absolute Gasteiger partial charge is 0.334 e. The molecule has 5 heteroatoms. The number of nitrogens with one attached hydrogen (secondary N) is 1. The van der Waals surface area contributed by atoms with E-state index in [1.165, 1.54) is 12.0 Å². The van der Waals surface area contributed by atoms with Crippen LogP contribution in [-0.4, -0.2) is 47.5 Å². The summed E-state index contributed by atoms with van der Waals surface area (Å²) in [4.78, 5) is 21.4. The minimum atomic E-state index is 0.0584. The van der Waals surface area contributed by atoms with Crippen LogP contribution in [0.2, 0.25) is 0 Å². The van der Waals surface area contributed by atoms with Gasteiger partial charge in [0, 0.05) is 37.6 Å². The van der Waals surface area contributed by atoms with Crippen molar-refractivity contribution in [1.29, 1.82) is 0 Å². The van der Waals surface area contributed by atoms with Crippen molar-refractivity contribution in [2.24, 2.45) is 0 Å². The van der Waals surface area contributed by atoms with Crippen molar-refractivity contribution in [2.75, 3.05) is 20.6 Å². The molecule has 2 aromatic rings. The molecule has 1 aromatic carbocycles. The Morgan fingerprint density at radius 2 is 1.93 bits per heavy atom. The molecule has 0 bridgehead atoms. The number of urea groups is 1. The SMILES string of the molecule is CN(C)Cc1ccc(CNC(=O)N2CCCCC2CCc2ccccn2)cc1. The maximum atomic E-state index is 12.8. The highest BCUT2D eigenvalue weighted by atomic mass is 16.2. The third-order valence-electron chi connectivity index (χ3n) is 5.31. The van der Waals surface area contributed by atoms with Gasteiger partial charge in [0.25, 0.3) is 0 Å². The van der Waals surface area contributed by atoms with E-state index in [0.29, 0.717) is 12.6 Å². The molecule has 1 saturated heterocycles. The van der Waals surface area contributed by atoms with Crippen LogP contribution in [0.1, 0.15) is 42.5 Å². The number of aromatic nitrogens is 1. The molecule has 0 spiro atoms. The fraction of sp³-hybridized carbons (Fsp3) is 0.478. The van der Waals surface area contributed by atoms with Crippen LogP contribution in [-0.2, 0) is 19.5 Å². The Labute approximate surface area is 168 Å². The summed E-state index contributed by atoms with van der Waals surface area (Å²) < 4.78 is 0. The van der Waals surface area contributed by atoms with Crippen LogP contribution < -0.4 is 5.32 Å². The second-order valence-corrected chi connectivity index (χ2v) is 7.92. The third-order valence-corrected chi connectivity index (χ3v) is 5.31. The standard InChI is InChI=1S/C23H32N4O/c1-26(2)18-20-11-9-19(10-12-20)17-25-23(28)27-16-6-4-8-22(27)14-13-21-7-3-5-15-24-21/h3,5,7,9-12,15,22H,4,6,8,13-14,16-18H2,1-2H3,(H,25,28). The van der Waals surface area contributed by atoms with Crippen molar-refractivity contribution < 1.29 is 4.79 Å². The molecule has 1 aromatic heterocycles. The van der Waals surface area contributed by atoms with Crippen LogP contribution in [0.3, 0.4) is 0 Å². The van der Waals surface area contributed by atoms with Crippen LogP contribution in [0.4, 0.5) is 4.79 Å². The first-order valence-corrected chi connectivity index (χ1v) is 10.3. The molecule has 1 aliphatic rings. The summed E-state index contributed by atoms with van der Waals surface area (Å²) in [5.41, 5.74) is 3.52.